The average molecular weight is 350 g/mol. The number of carbonyl (C=O) groups is 1. The van der Waals surface area contributed by atoms with Gasteiger partial charge in [-0.2, -0.15) is 13.2 Å². The van der Waals surface area contributed by atoms with Crippen LogP contribution in [0.5, 0.6) is 0 Å². The number of thiophene rings is 1. The molecule has 114 valence electrons. The summed E-state index contributed by atoms with van der Waals surface area (Å²) < 4.78 is 59.2. The van der Waals surface area contributed by atoms with Gasteiger partial charge in [0.05, 0.1) is 5.56 Å². The maximum atomic E-state index is 12.4. The topological polar surface area (TPSA) is 54.5 Å². The molecule has 0 aliphatic rings. The smallest absolute Gasteiger partial charge is 0.327 e. The summed E-state index contributed by atoms with van der Waals surface area (Å²) in [6.07, 6.45) is -4.53. The second kappa shape index (κ2) is 5.90. The van der Waals surface area contributed by atoms with Crippen LogP contribution in [0.25, 0.3) is 0 Å². The van der Waals surface area contributed by atoms with Gasteiger partial charge in [-0.25, -0.2) is 8.42 Å². The molecule has 1 rings (SSSR count). The van der Waals surface area contributed by atoms with Crippen LogP contribution in [-0.4, -0.2) is 38.0 Å². The molecule has 0 bridgehead atoms. The zero-order chi connectivity index (χ0) is 15.7. The molecule has 1 aromatic rings. The van der Waals surface area contributed by atoms with Crippen LogP contribution >= 0.6 is 22.0 Å². The first kappa shape index (κ1) is 17.3. The molecular weight excluding hydrogens is 339 g/mol. The van der Waals surface area contributed by atoms with Gasteiger partial charge in [0, 0.05) is 22.1 Å². The van der Waals surface area contributed by atoms with E-state index in [9.17, 15) is 26.4 Å². The number of carbonyl (C=O) groups excluding carboxylic acids is 1. The van der Waals surface area contributed by atoms with Crippen LogP contribution in [0.3, 0.4) is 0 Å². The van der Waals surface area contributed by atoms with E-state index in [2.05, 4.69) is 0 Å². The fraction of sp³-hybridized carbons (Fsp3) is 0.500. The molecule has 0 atom stereocenters. The summed E-state index contributed by atoms with van der Waals surface area (Å²) in [4.78, 5) is 12.6. The van der Waals surface area contributed by atoms with Crippen molar-refractivity contribution in [2.24, 2.45) is 0 Å². The number of hydrogen-bond donors (Lipinski definition) is 0. The Bertz CT molecular complexity index is 595. The normalized spacial score (nSPS) is 12.8. The average Bonchev–Trinajstić information content (AvgIpc) is 2.72. The van der Waals surface area contributed by atoms with Crippen LogP contribution in [0.1, 0.15) is 24.2 Å². The Labute approximate surface area is 122 Å². The molecule has 0 aromatic carbocycles. The van der Waals surface area contributed by atoms with E-state index in [-0.39, 0.29) is 9.77 Å². The van der Waals surface area contributed by atoms with Gasteiger partial charge in [0.2, 0.25) is 0 Å². The summed E-state index contributed by atoms with van der Waals surface area (Å²) >= 11 is 0.683. The molecule has 1 heterocycles. The van der Waals surface area contributed by atoms with Crippen LogP contribution in [0.4, 0.5) is 13.2 Å². The predicted molar refractivity (Wildman–Crippen MR) is 69.6 cm³/mol. The number of rotatable bonds is 4. The fourth-order valence-electron chi connectivity index (χ4n) is 1.40. The Kier molecular flexibility index (Phi) is 5.09. The van der Waals surface area contributed by atoms with E-state index in [1.807, 2.05) is 0 Å². The third-order valence-corrected chi connectivity index (χ3v) is 5.34. The molecule has 10 heteroatoms. The third-order valence-electron chi connectivity index (χ3n) is 2.30. The minimum atomic E-state index is -4.53. The van der Waals surface area contributed by atoms with Crippen molar-refractivity contribution in [2.45, 2.75) is 30.3 Å². The number of nitrogens with zero attached hydrogens (tertiary/aromatic N) is 1. The first-order chi connectivity index (χ1) is 8.92. The highest BCUT2D eigenvalue weighted by molar-refractivity contribution is 8.15. The summed E-state index contributed by atoms with van der Waals surface area (Å²) in [5.74, 6) is -0.889. The summed E-state index contributed by atoms with van der Waals surface area (Å²) in [6.45, 7) is 1.48. The molecule has 0 unspecified atom stereocenters. The molecule has 1 amide bonds. The van der Waals surface area contributed by atoms with Crippen LogP contribution in [0.15, 0.2) is 15.7 Å². The molecule has 1 aromatic heterocycles. The number of hydrogen-bond acceptors (Lipinski definition) is 4. The highest BCUT2D eigenvalue weighted by Crippen LogP contribution is 2.26. The SMILES string of the molecule is CC(C)N(CC(F)(F)F)C(=O)c1csc(S(=O)(=O)Cl)c1. The Balaban J connectivity index is 3.05. The molecule has 0 N–H and O–H groups in total. The third kappa shape index (κ3) is 4.64. The van der Waals surface area contributed by atoms with Crippen LogP contribution in [0.2, 0.25) is 0 Å². The lowest BCUT2D eigenvalue weighted by Gasteiger charge is -2.27. The van der Waals surface area contributed by atoms with E-state index in [1.54, 1.807) is 0 Å². The van der Waals surface area contributed by atoms with E-state index in [4.69, 9.17) is 10.7 Å². The van der Waals surface area contributed by atoms with Gasteiger partial charge in [0.15, 0.2) is 0 Å². The lowest BCUT2D eigenvalue weighted by atomic mass is 10.2. The summed E-state index contributed by atoms with van der Waals surface area (Å²) in [5.41, 5.74) is -0.132. The molecule has 0 spiro atoms. The van der Waals surface area contributed by atoms with E-state index in [1.165, 1.54) is 19.2 Å². The van der Waals surface area contributed by atoms with Gasteiger partial charge in [-0.3, -0.25) is 4.79 Å². The Morgan fingerprint density at radius 1 is 1.45 bits per heavy atom. The lowest BCUT2D eigenvalue weighted by molar-refractivity contribution is -0.143. The summed E-state index contributed by atoms with van der Waals surface area (Å²) in [6, 6.07) is 0.293. The largest absolute Gasteiger partial charge is 0.406 e. The molecule has 0 fully saturated rings. The Morgan fingerprint density at radius 2 is 2.00 bits per heavy atom. The van der Waals surface area contributed by atoms with E-state index in [0.717, 1.165) is 6.07 Å². The monoisotopic (exact) mass is 349 g/mol. The van der Waals surface area contributed by atoms with Crippen LogP contribution in [0, 0.1) is 0 Å². The van der Waals surface area contributed by atoms with Crippen molar-refractivity contribution in [3.63, 3.8) is 0 Å². The van der Waals surface area contributed by atoms with E-state index in [0.29, 0.717) is 16.2 Å². The van der Waals surface area contributed by atoms with Gasteiger partial charge in [-0.15, -0.1) is 11.3 Å². The molecular formula is C10H11ClF3NO3S2. The van der Waals surface area contributed by atoms with Gasteiger partial charge in [0.1, 0.15) is 10.8 Å². The summed E-state index contributed by atoms with van der Waals surface area (Å²) in [5, 5.41) is 1.17. The van der Waals surface area contributed by atoms with Crippen LogP contribution in [-0.2, 0) is 9.05 Å². The van der Waals surface area contributed by atoms with Gasteiger partial charge < -0.3 is 4.90 Å². The van der Waals surface area contributed by atoms with E-state index < -0.39 is 33.7 Å². The van der Waals surface area contributed by atoms with Crippen molar-refractivity contribution in [3.05, 3.63) is 17.0 Å². The molecule has 0 saturated heterocycles. The standard InChI is InChI=1S/C10H11ClF3NO3S2/c1-6(2)15(5-10(12,13)14)9(16)7-3-8(19-4-7)20(11,17)18/h3-4,6H,5H2,1-2H3. The predicted octanol–water partition coefficient (Wildman–Crippen LogP) is 3.09. The zero-order valence-electron chi connectivity index (χ0n) is 10.4. The van der Waals surface area contributed by atoms with Gasteiger partial charge in [0.25, 0.3) is 15.0 Å². The molecule has 0 aliphatic carbocycles. The highest BCUT2D eigenvalue weighted by Gasteiger charge is 2.35. The van der Waals surface area contributed by atoms with Crippen molar-refractivity contribution in [3.8, 4) is 0 Å². The Hall–Kier alpha value is -0.800. The van der Waals surface area contributed by atoms with Crippen molar-refractivity contribution in [1.82, 2.24) is 4.90 Å². The minimum absolute atomic E-state index is 0.132. The van der Waals surface area contributed by atoms with Gasteiger partial charge >= 0.3 is 6.18 Å². The maximum absolute atomic E-state index is 12.4. The van der Waals surface area contributed by atoms with Crippen molar-refractivity contribution < 1.29 is 26.4 Å². The second-order valence-electron chi connectivity index (χ2n) is 4.23. The van der Waals surface area contributed by atoms with Crippen molar-refractivity contribution in [1.29, 1.82) is 0 Å². The number of halogens is 4. The highest BCUT2D eigenvalue weighted by atomic mass is 35.7. The quantitative estimate of drug-likeness (QED) is 0.785. The van der Waals surface area contributed by atoms with Gasteiger partial charge in [-0.05, 0) is 19.9 Å². The van der Waals surface area contributed by atoms with E-state index >= 15 is 0 Å². The lowest BCUT2D eigenvalue weighted by Crippen LogP contribution is -2.43. The second-order valence-corrected chi connectivity index (χ2v) is 7.94. The van der Waals surface area contributed by atoms with Crippen molar-refractivity contribution >= 4 is 37.0 Å². The number of amides is 1. The molecule has 0 aliphatic heterocycles. The number of alkyl halides is 3. The van der Waals surface area contributed by atoms with Crippen molar-refractivity contribution in [2.75, 3.05) is 6.54 Å². The van der Waals surface area contributed by atoms with Gasteiger partial charge in [-0.1, -0.05) is 0 Å². The molecule has 4 nitrogen and oxygen atoms in total. The zero-order valence-corrected chi connectivity index (χ0v) is 12.8. The fourth-order valence-corrected chi connectivity index (χ4v) is 3.34. The minimum Gasteiger partial charge on any atom is -0.327 e. The summed E-state index contributed by atoms with van der Waals surface area (Å²) in [7, 11) is 1.10. The Morgan fingerprint density at radius 3 is 2.35 bits per heavy atom. The van der Waals surface area contributed by atoms with Crippen LogP contribution < -0.4 is 0 Å². The molecule has 20 heavy (non-hydrogen) atoms. The molecule has 0 radical (unpaired) electrons. The molecule has 0 saturated carbocycles. The first-order valence-electron chi connectivity index (χ1n) is 5.32. The first-order valence-corrected chi connectivity index (χ1v) is 8.51. The maximum Gasteiger partial charge on any atom is 0.406 e.